The van der Waals surface area contributed by atoms with Gasteiger partial charge in [-0.3, -0.25) is 0 Å². The minimum absolute atomic E-state index is 0.0622. The van der Waals surface area contributed by atoms with Crippen molar-refractivity contribution in [1.82, 2.24) is 4.31 Å². The summed E-state index contributed by atoms with van der Waals surface area (Å²) >= 11 is 0. The van der Waals surface area contributed by atoms with Crippen molar-refractivity contribution in [3.63, 3.8) is 0 Å². The average molecular weight is 367 g/mol. The van der Waals surface area contributed by atoms with Gasteiger partial charge in [0.05, 0.1) is 12.0 Å². The Labute approximate surface area is 148 Å². The molecule has 0 saturated carbocycles. The number of benzene rings is 2. The van der Waals surface area contributed by atoms with Crippen LogP contribution in [-0.4, -0.2) is 40.1 Å². The highest BCUT2D eigenvalue weighted by molar-refractivity contribution is 7.89. The molecule has 0 atom stereocenters. The summed E-state index contributed by atoms with van der Waals surface area (Å²) in [6, 6.07) is 12.2. The number of hydrogen-bond acceptors (Lipinski definition) is 4. The van der Waals surface area contributed by atoms with E-state index in [2.05, 4.69) is 0 Å². The summed E-state index contributed by atoms with van der Waals surface area (Å²) in [7, 11) is -0.707. The van der Waals surface area contributed by atoms with E-state index in [0.29, 0.717) is 18.8 Å². The minimum Gasteiger partial charge on any atom is -0.497 e. The minimum atomic E-state index is -3.82. The molecular formula is C18H22FNO4S. The van der Waals surface area contributed by atoms with Crippen molar-refractivity contribution in [2.24, 2.45) is 0 Å². The SMILES string of the molecule is COCCCN(Cc1cccc(OC)c1)S(=O)(=O)c1cccc(F)c1. The molecule has 0 bridgehead atoms. The molecule has 0 spiro atoms. The van der Waals surface area contributed by atoms with Crippen LogP contribution in [0.3, 0.4) is 0 Å². The van der Waals surface area contributed by atoms with Crippen molar-refractivity contribution in [3.05, 3.63) is 59.9 Å². The van der Waals surface area contributed by atoms with E-state index in [-0.39, 0.29) is 18.0 Å². The number of sulfonamides is 1. The fourth-order valence-electron chi connectivity index (χ4n) is 2.42. The maximum absolute atomic E-state index is 13.5. The van der Waals surface area contributed by atoms with Crippen molar-refractivity contribution in [2.75, 3.05) is 27.4 Å². The predicted octanol–water partition coefficient (Wildman–Crippen LogP) is 3.06. The van der Waals surface area contributed by atoms with Crippen LogP contribution in [0.4, 0.5) is 4.39 Å². The van der Waals surface area contributed by atoms with Gasteiger partial charge in [0.25, 0.3) is 0 Å². The average Bonchev–Trinajstić information content (AvgIpc) is 2.61. The van der Waals surface area contributed by atoms with Crippen LogP contribution in [0, 0.1) is 5.82 Å². The third-order valence-corrected chi connectivity index (χ3v) is 5.52. The summed E-state index contributed by atoms with van der Waals surface area (Å²) in [4.78, 5) is -0.0622. The zero-order valence-corrected chi connectivity index (χ0v) is 15.1. The summed E-state index contributed by atoms with van der Waals surface area (Å²) < 4.78 is 50.9. The van der Waals surface area contributed by atoms with Crippen molar-refractivity contribution < 1.29 is 22.3 Å². The first kappa shape index (κ1) is 19.4. The van der Waals surface area contributed by atoms with Crippen LogP contribution < -0.4 is 4.74 Å². The Hall–Kier alpha value is -1.96. The second-order valence-corrected chi connectivity index (χ2v) is 7.43. The van der Waals surface area contributed by atoms with Crippen LogP contribution in [-0.2, 0) is 21.3 Å². The molecule has 5 nitrogen and oxygen atoms in total. The molecule has 2 aromatic carbocycles. The van der Waals surface area contributed by atoms with Gasteiger partial charge in [-0.15, -0.1) is 0 Å². The standard InChI is InChI=1S/C18H22FNO4S/c1-23-11-5-10-20(14-15-6-3-8-17(12-15)24-2)25(21,22)18-9-4-7-16(19)13-18/h3-4,6-9,12-13H,5,10-11,14H2,1-2H3. The van der Waals surface area contributed by atoms with Gasteiger partial charge in [-0.05, 0) is 42.3 Å². The Morgan fingerprint density at radius 3 is 2.52 bits per heavy atom. The number of halogens is 1. The number of methoxy groups -OCH3 is 2. The van der Waals surface area contributed by atoms with Crippen LogP contribution in [0.2, 0.25) is 0 Å². The molecule has 2 rings (SSSR count). The second kappa shape index (κ2) is 8.94. The smallest absolute Gasteiger partial charge is 0.243 e. The lowest BCUT2D eigenvalue weighted by Crippen LogP contribution is -2.32. The number of rotatable bonds is 9. The van der Waals surface area contributed by atoms with Gasteiger partial charge in [-0.25, -0.2) is 12.8 Å². The molecule has 25 heavy (non-hydrogen) atoms. The Morgan fingerprint density at radius 2 is 1.84 bits per heavy atom. The highest BCUT2D eigenvalue weighted by Crippen LogP contribution is 2.21. The summed E-state index contributed by atoms with van der Waals surface area (Å²) in [6.07, 6.45) is 0.537. The van der Waals surface area contributed by atoms with Gasteiger partial charge in [0.15, 0.2) is 0 Å². The van der Waals surface area contributed by atoms with Gasteiger partial charge in [0, 0.05) is 26.8 Å². The largest absolute Gasteiger partial charge is 0.497 e. The summed E-state index contributed by atoms with van der Waals surface area (Å²) in [5.41, 5.74) is 0.789. The van der Waals surface area contributed by atoms with Gasteiger partial charge in [-0.2, -0.15) is 4.31 Å². The molecule has 2 aromatic rings. The fraction of sp³-hybridized carbons (Fsp3) is 0.333. The molecule has 0 aliphatic carbocycles. The lowest BCUT2D eigenvalue weighted by Gasteiger charge is -2.22. The van der Waals surface area contributed by atoms with Crippen molar-refractivity contribution in [1.29, 1.82) is 0 Å². The molecule has 0 aromatic heterocycles. The van der Waals surface area contributed by atoms with Gasteiger partial charge in [-0.1, -0.05) is 18.2 Å². The van der Waals surface area contributed by atoms with Crippen LogP contribution >= 0.6 is 0 Å². The molecule has 0 radical (unpaired) electrons. The first-order valence-corrected chi connectivity index (χ1v) is 9.29. The molecule has 7 heteroatoms. The van der Waals surface area contributed by atoms with Crippen molar-refractivity contribution >= 4 is 10.0 Å². The van der Waals surface area contributed by atoms with E-state index in [1.54, 1.807) is 32.4 Å². The highest BCUT2D eigenvalue weighted by Gasteiger charge is 2.25. The Kier molecular flexibility index (Phi) is 6.92. The monoisotopic (exact) mass is 367 g/mol. The molecule has 0 N–H and O–H groups in total. The van der Waals surface area contributed by atoms with Crippen molar-refractivity contribution in [3.8, 4) is 5.75 Å². The summed E-state index contributed by atoms with van der Waals surface area (Å²) in [5, 5.41) is 0. The highest BCUT2D eigenvalue weighted by atomic mass is 32.2. The van der Waals surface area contributed by atoms with E-state index in [0.717, 1.165) is 11.6 Å². The summed E-state index contributed by atoms with van der Waals surface area (Å²) in [6.45, 7) is 0.872. The van der Waals surface area contributed by atoms with Crippen molar-refractivity contribution in [2.45, 2.75) is 17.9 Å². The second-order valence-electron chi connectivity index (χ2n) is 5.49. The number of ether oxygens (including phenoxy) is 2. The first-order chi connectivity index (χ1) is 12.0. The topological polar surface area (TPSA) is 55.8 Å². The van der Waals surface area contributed by atoms with E-state index in [1.165, 1.54) is 22.5 Å². The van der Waals surface area contributed by atoms with E-state index in [4.69, 9.17) is 9.47 Å². The quantitative estimate of drug-likeness (QED) is 0.639. The Bertz CT molecular complexity index is 795. The van der Waals surface area contributed by atoms with Crippen LogP contribution in [0.5, 0.6) is 5.75 Å². The molecule has 136 valence electrons. The first-order valence-electron chi connectivity index (χ1n) is 7.85. The molecular weight excluding hydrogens is 345 g/mol. The van der Waals surface area contributed by atoms with Crippen LogP contribution in [0.25, 0.3) is 0 Å². The predicted molar refractivity (Wildman–Crippen MR) is 93.5 cm³/mol. The Balaban J connectivity index is 2.30. The van der Waals surface area contributed by atoms with Gasteiger partial charge in [0.2, 0.25) is 10.0 Å². The maximum atomic E-state index is 13.5. The van der Waals surface area contributed by atoms with E-state index in [9.17, 15) is 12.8 Å². The number of nitrogens with zero attached hydrogens (tertiary/aromatic N) is 1. The zero-order chi connectivity index (χ0) is 18.3. The van der Waals surface area contributed by atoms with Gasteiger partial charge >= 0.3 is 0 Å². The molecule has 0 unspecified atom stereocenters. The summed E-state index contributed by atoms with van der Waals surface area (Å²) in [5.74, 6) is 0.0665. The van der Waals surface area contributed by atoms with E-state index < -0.39 is 15.8 Å². The van der Waals surface area contributed by atoms with Crippen LogP contribution in [0.1, 0.15) is 12.0 Å². The number of hydrogen-bond donors (Lipinski definition) is 0. The molecule has 0 aliphatic rings. The normalized spacial score (nSPS) is 11.7. The van der Waals surface area contributed by atoms with Gasteiger partial charge in [0.1, 0.15) is 11.6 Å². The molecule has 0 amide bonds. The van der Waals surface area contributed by atoms with Gasteiger partial charge < -0.3 is 9.47 Å². The zero-order valence-electron chi connectivity index (χ0n) is 14.3. The molecule has 0 fully saturated rings. The molecule has 0 aliphatic heterocycles. The maximum Gasteiger partial charge on any atom is 0.243 e. The lowest BCUT2D eigenvalue weighted by molar-refractivity contribution is 0.186. The van der Waals surface area contributed by atoms with E-state index >= 15 is 0 Å². The lowest BCUT2D eigenvalue weighted by atomic mass is 10.2. The van der Waals surface area contributed by atoms with E-state index in [1.807, 2.05) is 6.07 Å². The molecule has 0 heterocycles. The van der Waals surface area contributed by atoms with Crippen LogP contribution in [0.15, 0.2) is 53.4 Å². The molecule has 0 saturated heterocycles. The Morgan fingerprint density at radius 1 is 1.08 bits per heavy atom. The third kappa shape index (κ3) is 5.26. The third-order valence-electron chi connectivity index (χ3n) is 3.68. The fourth-order valence-corrected chi connectivity index (χ4v) is 3.92.